The standard InChI is InChI=1S/C21H19FO3/c1-11-8-16(17(22)9-12(11)2)19-7-5-15-18(24-19)6-4-14-13(3)10-20(23)25-21(14)15/h4,6,8-10,19H,5,7H2,1-3H3/t19-/m0/s1. The summed E-state index contributed by atoms with van der Waals surface area (Å²) < 4.78 is 25.9. The number of hydrogen-bond acceptors (Lipinski definition) is 3. The van der Waals surface area contributed by atoms with E-state index in [9.17, 15) is 9.18 Å². The molecule has 0 saturated heterocycles. The molecule has 0 N–H and O–H groups in total. The van der Waals surface area contributed by atoms with Gasteiger partial charge in [0.25, 0.3) is 0 Å². The van der Waals surface area contributed by atoms with Crippen molar-refractivity contribution in [1.29, 1.82) is 0 Å². The highest BCUT2D eigenvalue weighted by Crippen LogP contribution is 2.39. The van der Waals surface area contributed by atoms with Crippen LogP contribution in [0.25, 0.3) is 11.0 Å². The molecule has 2 aromatic carbocycles. The normalized spacial score (nSPS) is 16.6. The highest BCUT2D eigenvalue weighted by Gasteiger charge is 2.26. The SMILES string of the molecule is Cc1cc(F)c([C@@H]2CCc3c(ccc4c(C)cc(=O)oc34)O2)cc1C. The van der Waals surface area contributed by atoms with Crippen molar-refractivity contribution in [2.45, 2.75) is 39.7 Å². The van der Waals surface area contributed by atoms with Gasteiger partial charge in [-0.3, -0.25) is 0 Å². The molecule has 0 saturated carbocycles. The lowest BCUT2D eigenvalue weighted by Crippen LogP contribution is -2.17. The molecule has 3 nitrogen and oxygen atoms in total. The second-order valence-electron chi connectivity index (χ2n) is 6.77. The van der Waals surface area contributed by atoms with Gasteiger partial charge < -0.3 is 9.15 Å². The molecule has 1 aliphatic rings. The first-order valence-electron chi connectivity index (χ1n) is 8.43. The molecule has 0 spiro atoms. The Morgan fingerprint density at radius 3 is 2.60 bits per heavy atom. The molecule has 2 heterocycles. The van der Waals surface area contributed by atoms with Crippen molar-refractivity contribution >= 4 is 11.0 Å². The third-order valence-corrected chi connectivity index (χ3v) is 5.07. The van der Waals surface area contributed by atoms with Gasteiger partial charge in [-0.15, -0.1) is 0 Å². The Kier molecular flexibility index (Phi) is 3.64. The lowest BCUT2D eigenvalue weighted by molar-refractivity contribution is 0.172. The van der Waals surface area contributed by atoms with Crippen LogP contribution in [0.4, 0.5) is 4.39 Å². The molecular weight excluding hydrogens is 319 g/mol. The van der Waals surface area contributed by atoms with Crippen molar-refractivity contribution in [2.24, 2.45) is 0 Å². The highest BCUT2D eigenvalue weighted by atomic mass is 19.1. The summed E-state index contributed by atoms with van der Waals surface area (Å²) in [5.41, 5.74) is 4.56. The Labute approximate surface area is 145 Å². The average molecular weight is 338 g/mol. The molecule has 0 bridgehead atoms. The van der Waals surface area contributed by atoms with E-state index >= 15 is 0 Å². The van der Waals surface area contributed by atoms with Crippen molar-refractivity contribution in [1.82, 2.24) is 0 Å². The summed E-state index contributed by atoms with van der Waals surface area (Å²) in [6.45, 7) is 5.76. The molecule has 4 heteroatoms. The number of fused-ring (bicyclic) bond motifs is 3. The van der Waals surface area contributed by atoms with Gasteiger partial charge in [0.2, 0.25) is 0 Å². The molecule has 1 aromatic heterocycles. The van der Waals surface area contributed by atoms with Crippen LogP contribution in [0.15, 0.2) is 39.5 Å². The van der Waals surface area contributed by atoms with Gasteiger partial charge in [-0.25, -0.2) is 9.18 Å². The summed E-state index contributed by atoms with van der Waals surface area (Å²) in [6, 6.07) is 8.70. The fourth-order valence-corrected chi connectivity index (χ4v) is 3.53. The monoisotopic (exact) mass is 338 g/mol. The minimum absolute atomic E-state index is 0.236. The number of hydrogen-bond donors (Lipinski definition) is 0. The molecule has 0 radical (unpaired) electrons. The minimum Gasteiger partial charge on any atom is -0.485 e. The lowest BCUT2D eigenvalue weighted by Gasteiger charge is -2.27. The molecule has 3 aromatic rings. The number of rotatable bonds is 1. The van der Waals surface area contributed by atoms with Crippen LogP contribution in [0.3, 0.4) is 0 Å². The molecule has 1 atom stereocenters. The minimum atomic E-state index is -0.360. The molecule has 1 aliphatic heterocycles. The Balaban J connectivity index is 1.79. The summed E-state index contributed by atoms with van der Waals surface area (Å²) in [4.78, 5) is 11.7. The van der Waals surface area contributed by atoms with Crippen LogP contribution in [-0.2, 0) is 6.42 Å². The highest BCUT2D eigenvalue weighted by molar-refractivity contribution is 5.85. The fourth-order valence-electron chi connectivity index (χ4n) is 3.53. The first-order chi connectivity index (χ1) is 11.9. The number of ether oxygens (including phenoxy) is 1. The summed E-state index contributed by atoms with van der Waals surface area (Å²) in [7, 11) is 0. The van der Waals surface area contributed by atoms with Crippen LogP contribution in [0.1, 0.15) is 40.3 Å². The Bertz CT molecular complexity index is 1050. The maximum Gasteiger partial charge on any atom is 0.336 e. The molecule has 128 valence electrons. The van der Waals surface area contributed by atoms with E-state index in [0.717, 1.165) is 27.6 Å². The second-order valence-corrected chi connectivity index (χ2v) is 6.77. The van der Waals surface area contributed by atoms with Gasteiger partial charge in [0.1, 0.15) is 23.3 Å². The van der Waals surface area contributed by atoms with E-state index in [1.165, 1.54) is 6.07 Å². The molecule has 4 rings (SSSR count). The third-order valence-electron chi connectivity index (χ3n) is 5.07. The maximum absolute atomic E-state index is 14.4. The van der Waals surface area contributed by atoms with Gasteiger partial charge in [0, 0.05) is 22.6 Å². The van der Waals surface area contributed by atoms with Gasteiger partial charge in [-0.1, -0.05) is 0 Å². The van der Waals surface area contributed by atoms with Crippen LogP contribution in [0.5, 0.6) is 5.75 Å². The lowest BCUT2D eigenvalue weighted by atomic mass is 9.93. The van der Waals surface area contributed by atoms with Gasteiger partial charge in [0.15, 0.2) is 0 Å². The predicted octanol–water partition coefficient (Wildman–Crippen LogP) is 4.92. The number of benzene rings is 2. The van der Waals surface area contributed by atoms with E-state index in [4.69, 9.17) is 9.15 Å². The van der Waals surface area contributed by atoms with Crippen molar-refractivity contribution in [2.75, 3.05) is 0 Å². The van der Waals surface area contributed by atoms with Crippen LogP contribution in [0.2, 0.25) is 0 Å². The smallest absolute Gasteiger partial charge is 0.336 e. The van der Waals surface area contributed by atoms with Crippen LogP contribution in [0, 0.1) is 26.6 Å². The topological polar surface area (TPSA) is 39.4 Å². The summed E-state index contributed by atoms with van der Waals surface area (Å²) in [5.74, 6) is 0.426. The Morgan fingerprint density at radius 2 is 1.80 bits per heavy atom. The van der Waals surface area contributed by atoms with Gasteiger partial charge in [0.05, 0.1) is 0 Å². The summed E-state index contributed by atoms with van der Waals surface area (Å²) >= 11 is 0. The molecule has 0 unspecified atom stereocenters. The van der Waals surface area contributed by atoms with E-state index in [1.54, 1.807) is 6.07 Å². The van der Waals surface area contributed by atoms with Crippen LogP contribution < -0.4 is 10.4 Å². The Hall–Kier alpha value is -2.62. The van der Waals surface area contributed by atoms with Gasteiger partial charge in [-0.2, -0.15) is 0 Å². The fraction of sp³-hybridized carbons (Fsp3) is 0.286. The zero-order chi connectivity index (χ0) is 17.7. The van der Waals surface area contributed by atoms with Gasteiger partial charge >= 0.3 is 5.63 Å². The van der Waals surface area contributed by atoms with E-state index in [0.29, 0.717) is 29.7 Å². The predicted molar refractivity (Wildman–Crippen MR) is 94.8 cm³/mol. The van der Waals surface area contributed by atoms with Gasteiger partial charge in [-0.05, 0) is 74.6 Å². The van der Waals surface area contributed by atoms with E-state index < -0.39 is 0 Å². The number of halogens is 1. The molecule has 0 aliphatic carbocycles. The maximum atomic E-state index is 14.4. The zero-order valence-corrected chi connectivity index (χ0v) is 14.5. The zero-order valence-electron chi connectivity index (χ0n) is 14.5. The molecule has 0 amide bonds. The van der Waals surface area contributed by atoms with Crippen molar-refractivity contribution < 1.29 is 13.5 Å². The first-order valence-corrected chi connectivity index (χ1v) is 8.43. The first kappa shape index (κ1) is 15.9. The molecule has 25 heavy (non-hydrogen) atoms. The van der Waals surface area contributed by atoms with Crippen LogP contribution >= 0.6 is 0 Å². The number of aryl methyl sites for hydroxylation is 4. The van der Waals surface area contributed by atoms with E-state index in [2.05, 4.69) is 0 Å². The molecule has 0 fully saturated rings. The summed E-state index contributed by atoms with van der Waals surface area (Å²) in [5, 5.41) is 0.915. The third kappa shape index (κ3) is 2.62. The Morgan fingerprint density at radius 1 is 1.04 bits per heavy atom. The second kappa shape index (κ2) is 5.73. The largest absolute Gasteiger partial charge is 0.485 e. The quantitative estimate of drug-likeness (QED) is 0.591. The van der Waals surface area contributed by atoms with E-state index in [1.807, 2.05) is 39.0 Å². The summed E-state index contributed by atoms with van der Waals surface area (Å²) in [6.07, 6.45) is 0.986. The molecular formula is C21H19FO3. The van der Waals surface area contributed by atoms with Crippen LogP contribution in [-0.4, -0.2) is 0 Å². The van der Waals surface area contributed by atoms with E-state index in [-0.39, 0.29) is 17.5 Å². The van der Waals surface area contributed by atoms with Crippen molar-refractivity contribution in [3.63, 3.8) is 0 Å². The average Bonchev–Trinajstić information content (AvgIpc) is 2.57. The van der Waals surface area contributed by atoms with Crippen molar-refractivity contribution in [3.05, 3.63) is 74.4 Å². The van der Waals surface area contributed by atoms with Crippen molar-refractivity contribution in [3.8, 4) is 5.75 Å².